The third kappa shape index (κ3) is 2.12. The van der Waals surface area contributed by atoms with Crippen LogP contribution in [-0.4, -0.2) is 30.7 Å². The average Bonchev–Trinajstić information content (AvgIpc) is 2.30. The van der Waals surface area contributed by atoms with Gasteiger partial charge in [0.05, 0.1) is 0 Å². The van der Waals surface area contributed by atoms with Crippen LogP contribution in [0, 0.1) is 6.92 Å². The smallest absolute Gasteiger partial charge is 0.131 e. The molecule has 1 aromatic rings. The lowest BCUT2D eigenvalue weighted by Gasteiger charge is -2.37. The van der Waals surface area contributed by atoms with Gasteiger partial charge < -0.3 is 10.2 Å². The van der Waals surface area contributed by atoms with Crippen LogP contribution in [-0.2, 0) is 0 Å². The third-order valence-corrected chi connectivity index (χ3v) is 3.08. The standard InChI is InChI=1S/C12H19N3/c1-3-11-9-13-7-8-15(11)12-10(2)5-4-6-14-12/h4-6,11,13H,3,7-9H2,1-2H3. The molecule has 0 bridgehead atoms. The monoisotopic (exact) mass is 205 g/mol. The molecule has 0 amide bonds. The Morgan fingerprint density at radius 2 is 2.47 bits per heavy atom. The molecular formula is C12H19N3. The summed E-state index contributed by atoms with van der Waals surface area (Å²) in [4.78, 5) is 6.93. The fourth-order valence-corrected chi connectivity index (χ4v) is 2.18. The summed E-state index contributed by atoms with van der Waals surface area (Å²) in [5.41, 5.74) is 1.28. The Bertz CT molecular complexity index is 324. The van der Waals surface area contributed by atoms with E-state index in [9.17, 15) is 0 Å². The maximum absolute atomic E-state index is 4.50. The number of hydrogen-bond acceptors (Lipinski definition) is 3. The van der Waals surface area contributed by atoms with Crippen molar-refractivity contribution in [2.75, 3.05) is 24.5 Å². The van der Waals surface area contributed by atoms with Crippen molar-refractivity contribution in [1.29, 1.82) is 0 Å². The number of rotatable bonds is 2. The SMILES string of the molecule is CCC1CNCCN1c1ncccc1C. The number of anilines is 1. The van der Waals surface area contributed by atoms with E-state index >= 15 is 0 Å². The van der Waals surface area contributed by atoms with Gasteiger partial charge in [0.25, 0.3) is 0 Å². The van der Waals surface area contributed by atoms with Crippen molar-refractivity contribution in [2.45, 2.75) is 26.3 Å². The minimum absolute atomic E-state index is 0.590. The highest BCUT2D eigenvalue weighted by atomic mass is 15.3. The first-order chi connectivity index (χ1) is 7.33. The molecule has 3 nitrogen and oxygen atoms in total. The number of hydrogen-bond donors (Lipinski definition) is 1. The van der Waals surface area contributed by atoms with E-state index in [1.807, 2.05) is 12.3 Å². The van der Waals surface area contributed by atoms with Crippen molar-refractivity contribution in [3.8, 4) is 0 Å². The van der Waals surface area contributed by atoms with Crippen LogP contribution in [0.1, 0.15) is 18.9 Å². The Balaban J connectivity index is 2.24. The maximum Gasteiger partial charge on any atom is 0.131 e. The van der Waals surface area contributed by atoms with Gasteiger partial charge in [0.1, 0.15) is 5.82 Å². The van der Waals surface area contributed by atoms with E-state index in [4.69, 9.17) is 0 Å². The molecule has 1 aliphatic heterocycles. The molecule has 0 radical (unpaired) electrons. The van der Waals surface area contributed by atoms with Crippen molar-refractivity contribution in [3.05, 3.63) is 23.9 Å². The van der Waals surface area contributed by atoms with Crippen LogP contribution in [0.5, 0.6) is 0 Å². The highest BCUT2D eigenvalue weighted by Crippen LogP contribution is 2.20. The Labute approximate surface area is 91.5 Å². The highest BCUT2D eigenvalue weighted by molar-refractivity contribution is 5.47. The summed E-state index contributed by atoms with van der Waals surface area (Å²) >= 11 is 0. The molecule has 1 fully saturated rings. The van der Waals surface area contributed by atoms with E-state index in [1.165, 1.54) is 12.0 Å². The van der Waals surface area contributed by atoms with E-state index in [0.29, 0.717) is 6.04 Å². The molecule has 3 heteroatoms. The van der Waals surface area contributed by atoms with Gasteiger partial charge in [0.2, 0.25) is 0 Å². The number of aryl methyl sites for hydroxylation is 1. The van der Waals surface area contributed by atoms with Crippen molar-refractivity contribution in [1.82, 2.24) is 10.3 Å². The Kier molecular flexibility index (Phi) is 3.21. The van der Waals surface area contributed by atoms with Gasteiger partial charge in [0, 0.05) is 31.9 Å². The summed E-state index contributed by atoms with van der Waals surface area (Å²) in [7, 11) is 0. The highest BCUT2D eigenvalue weighted by Gasteiger charge is 2.22. The quantitative estimate of drug-likeness (QED) is 0.794. The molecule has 1 N–H and O–H groups in total. The first-order valence-corrected chi connectivity index (χ1v) is 5.72. The van der Waals surface area contributed by atoms with Gasteiger partial charge in [0.15, 0.2) is 0 Å². The summed E-state index contributed by atoms with van der Waals surface area (Å²) in [5, 5.41) is 3.44. The van der Waals surface area contributed by atoms with Gasteiger partial charge in [-0.3, -0.25) is 0 Å². The Hall–Kier alpha value is -1.09. The maximum atomic E-state index is 4.50. The minimum Gasteiger partial charge on any atom is -0.351 e. The van der Waals surface area contributed by atoms with E-state index < -0.39 is 0 Å². The summed E-state index contributed by atoms with van der Waals surface area (Å²) in [5.74, 6) is 1.16. The predicted octanol–water partition coefficient (Wildman–Crippen LogP) is 1.58. The lowest BCUT2D eigenvalue weighted by Crippen LogP contribution is -2.51. The fraction of sp³-hybridized carbons (Fsp3) is 0.583. The van der Waals surface area contributed by atoms with Crippen molar-refractivity contribution >= 4 is 5.82 Å². The number of pyridine rings is 1. The lowest BCUT2D eigenvalue weighted by molar-refractivity contribution is 0.462. The molecule has 2 heterocycles. The van der Waals surface area contributed by atoms with Gasteiger partial charge in [-0.15, -0.1) is 0 Å². The van der Waals surface area contributed by atoms with Crippen LogP contribution >= 0.6 is 0 Å². The first kappa shape index (κ1) is 10.4. The van der Waals surface area contributed by atoms with E-state index in [0.717, 1.165) is 25.5 Å². The molecule has 1 aliphatic rings. The Morgan fingerprint density at radius 3 is 3.20 bits per heavy atom. The molecule has 0 aliphatic carbocycles. The summed E-state index contributed by atoms with van der Waals surface area (Å²) in [6.45, 7) is 7.58. The van der Waals surface area contributed by atoms with Crippen LogP contribution in [0.4, 0.5) is 5.82 Å². The molecule has 1 atom stereocenters. The van der Waals surface area contributed by atoms with Crippen LogP contribution in [0.15, 0.2) is 18.3 Å². The largest absolute Gasteiger partial charge is 0.351 e. The summed E-state index contributed by atoms with van der Waals surface area (Å²) < 4.78 is 0. The van der Waals surface area contributed by atoms with Crippen LogP contribution < -0.4 is 10.2 Å². The second-order valence-electron chi connectivity index (χ2n) is 4.10. The number of aromatic nitrogens is 1. The molecule has 1 aromatic heterocycles. The minimum atomic E-state index is 0.590. The fourth-order valence-electron chi connectivity index (χ4n) is 2.18. The second kappa shape index (κ2) is 4.62. The van der Waals surface area contributed by atoms with Crippen molar-refractivity contribution in [2.24, 2.45) is 0 Å². The summed E-state index contributed by atoms with van der Waals surface area (Å²) in [6.07, 6.45) is 3.06. The molecule has 15 heavy (non-hydrogen) atoms. The number of nitrogens with zero attached hydrogens (tertiary/aromatic N) is 2. The zero-order valence-corrected chi connectivity index (χ0v) is 9.53. The number of nitrogens with one attached hydrogen (secondary N) is 1. The number of piperazine rings is 1. The molecule has 1 unspecified atom stereocenters. The lowest BCUT2D eigenvalue weighted by atomic mass is 10.1. The van der Waals surface area contributed by atoms with E-state index in [2.05, 4.69) is 35.1 Å². The molecule has 1 saturated heterocycles. The molecule has 0 saturated carbocycles. The topological polar surface area (TPSA) is 28.2 Å². The first-order valence-electron chi connectivity index (χ1n) is 5.72. The molecular weight excluding hydrogens is 186 g/mol. The predicted molar refractivity (Wildman–Crippen MR) is 63.3 cm³/mol. The van der Waals surface area contributed by atoms with Crippen LogP contribution in [0.3, 0.4) is 0 Å². The molecule has 0 spiro atoms. The van der Waals surface area contributed by atoms with Gasteiger partial charge >= 0.3 is 0 Å². The normalized spacial score (nSPS) is 21.7. The van der Waals surface area contributed by atoms with Crippen molar-refractivity contribution in [3.63, 3.8) is 0 Å². The van der Waals surface area contributed by atoms with Gasteiger partial charge in [-0.2, -0.15) is 0 Å². The van der Waals surface area contributed by atoms with E-state index in [-0.39, 0.29) is 0 Å². The van der Waals surface area contributed by atoms with Gasteiger partial charge in [-0.1, -0.05) is 13.0 Å². The molecule has 0 aromatic carbocycles. The van der Waals surface area contributed by atoms with Gasteiger partial charge in [-0.25, -0.2) is 4.98 Å². The zero-order valence-electron chi connectivity index (χ0n) is 9.53. The molecule has 2 rings (SSSR count). The van der Waals surface area contributed by atoms with E-state index in [1.54, 1.807) is 0 Å². The Morgan fingerprint density at radius 1 is 1.60 bits per heavy atom. The van der Waals surface area contributed by atoms with Gasteiger partial charge in [-0.05, 0) is 25.0 Å². The third-order valence-electron chi connectivity index (χ3n) is 3.08. The van der Waals surface area contributed by atoms with Crippen molar-refractivity contribution < 1.29 is 0 Å². The second-order valence-corrected chi connectivity index (χ2v) is 4.10. The zero-order chi connectivity index (χ0) is 10.7. The van der Waals surface area contributed by atoms with Crippen LogP contribution in [0.2, 0.25) is 0 Å². The average molecular weight is 205 g/mol. The molecule has 82 valence electrons. The summed E-state index contributed by atoms with van der Waals surface area (Å²) in [6, 6.07) is 4.73. The van der Waals surface area contributed by atoms with Crippen LogP contribution in [0.25, 0.3) is 0 Å².